The second kappa shape index (κ2) is 7.53. The molecule has 0 saturated heterocycles. The first-order valence-corrected chi connectivity index (χ1v) is 9.89. The first kappa shape index (κ1) is 19.1. The molecule has 0 atom stereocenters. The summed E-state index contributed by atoms with van der Waals surface area (Å²) in [6.07, 6.45) is 7.83. The number of hydrogen-bond donors (Lipinski definition) is 0. The lowest BCUT2D eigenvalue weighted by Gasteiger charge is -2.70. The average molecular weight is 354 g/mol. The fourth-order valence-corrected chi connectivity index (χ4v) is 4.88. The summed E-state index contributed by atoms with van der Waals surface area (Å²) in [4.78, 5) is 14.8. The van der Waals surface area contributed by atoms with Crippen LogP contribution < -0.4 is 0 Å². The van der Waals surface area contributed by atoms with E-state index in [4.69, 9.17) is 14.2 Å². The van der Waals surface area contributed by atoms with Crippen LogP contribution in [0.5, 0.6) is 0 Å². The number of hydrogen-bond acceptors (Lipinski definition) is 4. The van der Waals surface area contributed by atoms with Crippen molar-refractivity contribution in [3.63, 3.8) is 0 Å². The van der Waals surface area contributed by atoms with Gasteiger partial charge in [-0.15, -0.1) is 0 Å². The molecule has 4 saturated carbocycles. The minimum atomic E-state index is -0.0542. The molecule has 0 aliphatic heterocycles. The molecule has 0 radical (unpaired) electrons. The highest BCUT2D eigenvalue weighted by molar-refractivity contribution is 5.86. The maximum absolute atomic E-state index is 12.8. The fourth-order valence-electron chi connectivity index (χ4n) is 4.88. The summed E-state index contributed by atoms with van der Waals surface area (Å²) in [5.74, 6) is 0.361. The lowest BCUT2D eigenvalue weighted by molar-refractivity contribution is -0.236. The van der Waals surface area contributed by atoms with Gasteiger partial charge in [-0.25, -0.2) is 0 Å². The number of amides is 1. The quantitative estimate of drug-likeness (QED) is 0.536. The van der Waals surface area contributed by atoms with Gasteiger partial charge >= 0.3 is 0 Å². The molecule has 4 fully saturated rings. The van der Waals surface area contributed by atoms with E-state index in [1.807, 2.05) is 11.9 Å². The topological polar surface area (TPSA) is 48.0 Å². The fraction of sp³-hybridized carbons (Fsp3) is 0.950. The van der Waals surface area contributed by atoms with E-state index in [0.717, 1.165) is 64.8 Å². The molecule has 0 heterocycles. The Morgan fingerprint density at radius 2 is 1.80 bits per heavy atom. The highest BCUT2D eigenvalue weighted by Gasteiger charge is 2.72. The van der Waals surface area contributed by atoms with E-state index in [0.29, 0.717) is 29.6 Å². The van der Waals surface area contributed by atoms with Crippen molar-refractivity contribution in [2.45, 2.75) is 77.0 Å². The van der Waals surface area contributed by atoms with Gasteiger partial charge in [0.1, 0.15) is 0 Å². The van der Waals surface area contributed by atoms with Crippen molar-refractivity contribution in [1.29, 1.82) is 0 Å². The van der Waals surface area contributed by atoms with Crippen molar-refractivity contribution in [2.24, 2.45) is 10.8 Å². The zero-order valence-electron chi connectivity index (χ0n) is 16.4. The van der Waals surface area contributed by atoms with Crippen LogP contribution in [0.4, 0.5) is 0 Å². The zero-order chi connectivity index (χ0) is 18.1. The maximum atomic E-state index is 12.8. The second-order valence-corrected chi connectivity index (χ2v) is 8.89. The standard InChI is InChI=1S/C20H35NO4/c1-15(2)25-8-6-5-7-24-14-19-11-20(12-19,13-19)18(22)21(3)16-9-17(10-16)23-4/h15-17H,5-14H2,1-4H3. The van der Waals surface area contributed by atoms with Gasteiger partial charge in [0.15, 0.2) is 0 Å². The van der Waals surface area contributed by atoms with Crippen molar-refractivity contribution in [3.8, 4) is 0 Å². The lowest BCUT2D eigenvalue weighted by Crippen LogP contribution is -2.70. The molecule has 4 aliphatic rings. The van der Waals surface area contributed by atoms with Crippen LogP contribution in [0.3, 0.4) is 0 Å². The van der Waals surface area contributed by atoms with E-state index >= 15 is 0 Å². The molecule has 0 spiro atoms. The highest BCUT2D eigenvalue weighted by atomic mass is 16.5. The van der Waals surface area contributed by atoms with Crippen LogP contribution in [-0.4, -0.2) is 63.0 Å². The van der Waals surface area contributed by atoms with Crippen LogP contribution in [0, 0.1) is 10.8 Å². The zero-order valence-corrected chi connectivity index (χ0v) is 16.4. The van der Waals surface area contributed by atoms with Gasteiger partial charge in [0.25, 0.3) is 0 Å². The molecule has 5 nitrogen and oxygen atoms in total. The summed E-state index contributed by atoms with van der Waals surface area (Å²) in [5, 5.41) is 0. The van der Waals surface area contributed by atoms with Gasteiger partial charge in [-0.3, -0.25) is 4.79 Å². The third kappa shape index (κ3) is 3.88. The van der Waals surface area contributed by atoms with Crippen LogP contribution in [0.2, 0.25) is 0 Å². The third-order valence-electron chi connectivity index (χ3n) is 6.41. The van der Waals surface area contributed by atoms with Gasteiger partial charge in [0, 0.05) is 33.4 Å². The summed E-state index contributed by atoms with van der Waals surface area (Å²) >= 11 is 0. The molecular formula is C20H35NO4. The Morgan fingerprint density at radius 3 is 2.40 bits per heavy atom. The number of carbonyl (C=O) groups excluding carboxylic acids is 1. The summed E-state index contributed by atoms with van der Waals surface area (Å²) in [7, 11) is 3.73. The number of ether oxygens (including phenoxy) is 3. The number of unbranched alkanes of at least 4 members (excludes halogenated alkanes) is 1. The molecule has 0 unspecified atom stereocenters. The monoisotopic (exact) mass is 353 g/mol. The van der Waals surface area contributed by atoms with Crippen molar-refractivity contribution < 1.29 is 19.0 Å². The van der Waals surface area contributed by atoms with Crippen LogP contribution in [0.25, 0.3) is 0 Å². The molecule has 0 aromatic rings. The van der Waals surface area contributed by atoms with Gasteiger partial charge in [-0.2, -0.15) is 0 Å². The number of nitrogens with zero attached hydrogens (tertiary/aromatic N) is 1. The Bertz CT molecular complexity index is 453. The molecular weight excluding hydrogens is 318 g/mol. The first-order chi connectivity index (χ1) is 11.9. The van der Waals surface area contributed by atoms with E-state index < -0.39 is 0 Å². The number of methoxy groups -OCH3 is 1. The smallest absolute Gasteiger partial charge is 0.228 e. The predicted molar refractivity (Wildman–Crippen MR) is 96.4 cm³/mol. The molecule has 0 aromatic heterocycles. The van der Waals surface area contributed by atoms with Crippen molar-refractivity contribution in [3.05, 3.63) is 0 Å². The summed E-state index contributed by atoms with van der Waals surface area (Å²) in [6, 6.07) is 0.381. The number of carbonyl (C=O) groups is 1. The van der Waals surface area contributed by atoms with E-state index in [2.05, 4.69) is 13.8 Å². The Hall–Kier alpha value is -0.650. The molecule has 0 aromatic carbocycles. The average Bonchev–Trinajstić information content (AvgIpc) is 2.44. The van der Waals surface area contributed by atoms with Crippen LogP contribution >= 0.6 is 0 Å². The molecule has 4 rings (SSSR count). The largest absolute Gasteiger partial charge is 0.381 e. The van der Waals surface area contributed by atoms with Crippen LogP contribution in [0.1, 0.15) is 58.8 Å². The maximum Gasteiger partial charge on any atom is 0.228 e. The van der Waals surface area contributed by atoms with E-state index in [9.17, 15) is 4.79 Å². The van der Waals surface area contributed by atoms with Crippen LogP contribution in [-0.2, 0) is 19.0 Å². The lowest BCUT2D eigenvalue weighted by atomic mass is 9.35. The molecule has 144 valence electrons. The van der Waals surface area contributed by atoms with Gasteiger partial charge in [-0.1, -0.05) is 0 Å². The SMILES string of the molecule is COC1CC(N(C)C(=O)C23CC(COCCCCOC(C)C)(C2)C3)C1. The molecule has 1 amide bonds. The third-order valence-corrected chi connectivity index (χ3v) is 6.41. The Labute approximate surface area is 152 Å². The number of rotatable bonds is 11. The van der Waals surface area contributed by atoms with Gasteiger partial charge in [0.2, 0.25) is 5.91 Å². The molecule has 25 heavy (non-hydrogen) atoms. The second-order valence-electron chi connectivity index (χ2n) is 8.89. The van der Waals surface area contributed by atoms with Crippen molar-refractivity contribution in [1.82, 2.24) is 4.90 Å². The molecule has 0 N–H and O–H groups in total. The molecule has 4 aliphatic carbocycles. The minimum absolute atomic E-state index is 0.0542. The van der Waals surface area contributed by atoms with Crippen molar-refractivity contribution in [2.75, 3.05) is 34.0 Å². The molecule has 5 heteroatoms. The summed E-state index contributed by atoms with van der Waals surface area (Å²) in [5.41, 5.74) is 0.251. The Morgan fingerprint density at radius 1 is 1.16 bits per heavy atom. The summed E-state index contributed by atoms with van der Waals surface area (Å²) in [6.45, 7) is 6.58. The van der Waals surface area contributed by atoms with Gasteiger partial charge in [0.05, 0.1) is 24.2 Å². The normalized spacial score (nSPS) is 35.7. The highest BCUT2D eigenvalue weighted by Crippen LogP contribution is 2.74. The minimum Gasteiger partial charge on any atom is -0.381 e. The van der Waals surface area contributed by atoms with E-state index in [-0.39, 0.29) is 5.41 Å². The predicted octanol–water partition coefficient (Wildman–Crippen LogP) is 3.01. The van der Waals surface area contributed by atoms with E-state index in [1.54, 1.807) is 7.11 Å². The van der Waals surface area contributed by atoms with Crippen LogP contribution in [0.15, 0.2) is 0 Å². The van der Waals surface area contributed by atoms with E-state index in [1.165, 1.54) is 0 Å². The van der Waals surface area contributed by atoms with Crippen molar-refractivity contribution >= 4 is 5.91 Å². The summed E-state index contributed by atoms with van der Waals surface area (Å²) < 4.78 is 16.7. The molecule has 2 bridgehead atoms. The Kier molecular flexibility index (Phi) is 5.76. The van der Waals surface area contributed by atoms with Gasteiger partial charge in [-0.05, 0) is 64.2 Å². The van der Waals surface area contributed by atoms with Gasteiger partial charge < -0.3 is 19.1 Å². The Balaban J connectivity index is 1.28. The first-order valence-electron chi connectivity index (χ1n) is 9.89.